The van der Waals surface area contributed by atoms with Crippen LogP contribution in [0.5, 0.6) is 0 Å². The average molecular weight is 344 g/mol. The summed E-state index contributed by atoms with van der Waals surface area (Å²) in [5.41, 5.74) is -0.418. The SMILES string of the molecule is CCCCC1(CCCC)C[C@H](C(=O)OC)[C@](CCCC)(OC)OO1. The molecule has 1 aliphatic heterocycles. The first kappa shape index (κ1) is 21.4. The summed E-state index contributed by atoms with van der Waals surface area (Å²) in [6, 6.07) is 0. The molecule has 1 heterocycles. The zero-order chi connectivity index (χ0) is 18.1. The van der Waals surface area contributed by atoms with Gasteiger partial charge in [0.2, 0.25) is 5.79 Å². The molecule has 2 atom stereocenters. The van der Waals surface area contributed by atoms with Gasteiger partial charge in [0.15, 0.2) is 0 Å². The lowest BCUT2D eigenvalue weighted by atomic mass is 9.77. The van der Waals surface area contributed by atoms with E-state index >= 15 is 0 Å². The summed E-state index contributed by atoms with van der Waals surface area (Å²) < 4.78 is 10.7. The van der Waals surface area contributed by atoms with Crippen molar-refractivity contribution in [2.24, 2.45) is 5.92 Å². The molecule has 5 heteroatoms. The third-order valence-electron chi connectivity index (χ3n) is 5.15. The van der Waals surface area contributed by atoms with Gasteiger partial charge in [0.1, 0.15) is 11.5 Å². The molecule has 24 heavy (non-hydrogen) atoms. The van der Waals surface area contributed by atoms with Crippen molar-refractivity contribution in [1.82, 2.24) is 0 Å². The van der Waals surface area contributed by atoms with Gasteiger partial charge in [0.05, 0.1) is 7.11 Å². The normalized spacial score (nSPS) is 26.3. The van der Waals surface area contributed by atoms with Crippen molar-refractivity contribution in [3.8, 4) is 0 Å². The quantitative estimate of drug-likeness (QED) is 0.399. The predicted molar refractivity (Wildman–Crippen MR) is 93.3 cm³/mol. The van der Waals surface area contributed by atoms with Gasteiger partial charge in [0.25, 0.3) is 0 Å². The zero-order valence-electron chi connectivity index (χ0n) is 16.2. The van der Waals surface area contributed by atoms with Gasteiger partial charge in [-0.25, -0.2) is 4.89 Å². The minimum Gasteiger partial charge on any atom is -0.469 e. The number of hydrogen-bond donors (Lipinski definition) is 0. The number of ether oxygens (including phenoxy) is 2. The average Bonchev–Trinajstić information content (AvgIpc) is 2.63. The number of hydrogen-bond acceptors (Lipinski definition) is 5. The first-order chi connectivity index (χ1) is 11.5. The summed E-state index contributed by atoms with van der Waals surface area (Å²) in [5.74, 6) is -1.76. The van der Waals surface area contributed by atoms with Crippen LogP contribution in [0.4, 0.5) is 0 Å². The summed E-state index contributed by atoms with van der Waals surface area (Å²) in [4.78, 5) is 24.3. The number of carbonyl (C=O) groups is 1. The molecular weight excluding hydrogens is 308 g/mol. The Morgan fingerprint density at radius 1 is 0.958 bits per heavy atom. The summed E-state index contributed by atoms with van der Waals surface area (Å²) in [6.07, 6.45) is 9.19. The standard InChI is InChI=1S/C19H36O5/c1-6-9-12-18(13-10-7-2)15-16(17(20)21-4)19(22-5,24-23-18)14-11-8-3/h16H,6-15H2,1-5H3/t16-,19-/m1/s1. The lowest BCUT2D eigenvalue weighted by molar-refractivity contribution is -0.503. The van der Waals surface area contributed by atoms with Crippen molar-refractivity contribution in [2.45, 2.75) is 96.4 Å². The number of rotatable bonds is 11. The molecule has 1 saturated heterocycles. The summed E-state index contributed by atoms with van der Waals surface area (Å²) >= 11 is 0. The summed E-state index contributed by atoms with van der Waals surface area (Å²) in [7, 11) is 3.01. The summed E-state index contributed by atoms with van der Waals surface area (Å²) in [5, 5.41) is 0. The van der Waals surface area contributed by atoms with Gasteiger partial charge in [0, 0.05) is 13.5 Å². The topological polar surface area (TPSA) is 54.0 Å². The smallest absolute Gasteiger partial charge is 0.314 e. The Balaban J connectivity index is 3.04. The van der Waals surface area contributed by atoms with E-state index in [-0.39, 0.29) is 5.97 Å². The summed E-state index contributed by atoms with van der Waals surface area (Å²) in [6.45, 7) is 6.43. The Morgan fingerprint density at radius 3 is 1.96 bits per heavy atom. The molecule has 0 aliphatic carbocycles. The molecule has 0 aromatic carbocycles. The number of unbranched alkanes of at least 4 members (excludes halogenated alkanes) is 3. The van der Waals surface area contributed by atoms with Crippen molar-refractivity contribution in [2.75, 3.05) is 14.2 Å². The van der Waals surface area contributed by atoms with Crippen molar-refractivity contribution in [3.63, 3.8) is 0 Å². The van der Waals surface area contributed by atoms with E-state index < -0.39 is 17.3 Å². The van der Waals surface area contributed by atoms with Crippen molar-refractivity contribution in [1.29, 1.82) is 0 Å². The molecule has 0 aromatic heterocycles. The van der Waals surface area contributed by atoms with Gasteiger partial charge < -0.3 is 9.47 Å². The molecule has 142 valence electrons. The Morgan fingerprint density at radius 2 is 1.50 bits per heavy atom. The van der Waals surface area contributed by atoms with Crippen molar-refractivity contribution in [3.05, 3.63) is 0 Å². The van der Waals surface area contributed by atoms with Gasteiger partial charge in [-0.3, -0.25) is 4.79 Å². The Hall–Kier alpha value is -0.650. The predicted octanol–water partition coefficient (Wildman–Crippen LogP) is 4.78. The van der Waals surface area contributed by atoms with Crippen LogP contribution in [-0.2, 0) is 24.0 Å². The van der Waals surface area contributed by atoms with Crippen LogP contribution < -0.4 is 0 Å². The van der Waals surface area contributed by atoms with Crippen molar-refractivity contribution < 1.29 is 24.0 Å². The third kappa shape index (κ3) is 5.17. The van der Waals surface area contributed by atoms with E-state index in [1.807, 2.05) is 0 Å². The van der Waals surface area contributed by atoms with Crippen LogP contribution in [-0.4, -0.2) is 31.6 Å². The van der Waals surface area contributed by atoms with Crippen LogP contribution in [0.25, 0.3) is 0 Å². The molecular formula is C19H36O5. The number of carbonyl (C=O) groups excluding carboxylic acids is 1. The van der Waals surface area contributed by atoms with Crippen LogP contribution >= 0.6 is 0 Å². The molecule has 0 radical (unpaired) electrons. The van der Waals surface area contributed by atoms with E-state index in [2.05, 4.69) is 20.8 Å². The lowest BCUT2D eigenvalue weighted by Gasteiger charge is -2.48. The van der Waals surface area contributed by atoms with Crippen LogP contribution in [0, 0.1) is 5.92 Å². The molecule has 1 aliphatic rings. The van der Waals surface area contributed by atoms with Gasteiger partial charge in [-0.05, 0) is 25.7 Å². The Bertz CT molecular complexity index is 363. The lowest BCUT2D eigenvalue weighted by Crippen LogP contribution is -2.57. The third-order valence-corrected chi connectivity index (χ3v) is 5.15. The highest BCUT2D eigenvalue weighted by Gasteiger charge is 2.55. The molecule has 1 rings (SSSR count). The van der Waals surface area contributed by atoms with E-state index in [1.54, 1.807) is 7.11 Å². The van der Waals surface area contributed by atoms with Gasteiger partial charge in [-0.15, -0.1) is 0 Å². The molecule has 1 fully saturated rings. The van der Waals surface area contributed by atoms with Crippen LogP contribution in [0.2, 0.25) is 0 Å². The van der Waals surface area contributed by atoms with E-state index in [9.17, 15) is 4.79 Å². The molecule has 0 aromatic rings. The van der Waals surface area contributed by atoms with Crippen molar-refractivity contribution >= 4 is 5.97 Å². The second-order valence-electron chi connectivity index (χ2n) is 6.96. The first-order valence-electron chi connectivity index (χ1n) is 9.52. The molecule has 0 N–H and O–H groups in total. The highest BCUT2D eigenvalue weighted by molar-refractivity contribution is 5.73. The number of esters is 1. The molecule has 0 unspecified atom stereocenters. The largest absolute Gasteiger partial charge is 0.469 e. The Labute approximate surface area is 147 Å². The highest BCUT2D eigenvalue weighted by Crippen LogP contribution is 2.46. The molecule has 0 spiro atoms. The maximum Gasteiger partial charge on any atom is 0.314 e. The minimum atomic E-state index is -1.04. The second-order valence-corrected chi connectivity index (χ2v) is 6.96. The highest BCUT2D eigenvalue weighted by atomic mass is 17.2. The van der Waals surface area contributed by atoms with Gasteiger partial charge in [-0.1, -0.05) is 52.9 Å². The van der Waals surface area contributed by atoms with E-state index in [1.165, 1.54) is 7.11 Å². The number of methoxy groups -OCH3 is 2. The fourth-order valence-electron chi connectivity index (χ4n) is 3.51. The Kier molecular flexibility index (Phi) is 9.24. The van der Waals surface area contributed by atoms with Crippen LogP contribution in [0.1, 0.15) is 85.0 Å². The maximum absolute atomic E-state index is 12.5. The van der Waals surface area contributed by atoms with Crippen LogP contribution in [0.3, 0.4) is 0 Å². The van der Waals surface area contributed by atoms with E-state index in [0.29, 0.717) is 12.8 Å². The molecule has 0 bridgehead atoms. The molecule has 5 nitrogen and oxygen atoms in total. The van der Waals surface area contributed by atoms with Gasteiger partial charge in [-0.2, -0.15) is 4.89 Å². The van der Waals surface area contributed by atoms with Crippen LogP contribution in [0.15, 0.2) is 0 Å². The maximum atomic E-state index is 12.5. The van der Waals surface area contributed by atoms with E-state index in [0.717, 1.165) is 51.4 Å². The van der Waals surface area contributed by atoms with Gasteiger partial charge >= 0.3 is 5.97 Å². The molecule has 0 amide bonds. The van der Waals surface area contributed by atoms with E-state index in [4.69, 9.17) is 19.2 Å². The second kappa shape index (κ2) is 10.4. The minimum absolute atomic E-state index is 0.270. The fourth-order valence-corrected chi connectivity index (χ4v) is 3.51. The first-order valence-corrected chi connectivity index (χ1v) is 9.52. The zero-order valence-corrected chi connectivity index (χ0v) is 16.2. The molecule has 0 saturated carbocycles. The monoisotopic (exact) mass is 344 g/mol. The fraction of sp³-hybridized carbons (Fsp3) is 0.947.